The molecular weight excluding hydrogens is 336 g/mol. The molecule has 0 aliphatic heterocycles. The van der Waals surface area contributed by atoms with Crippen LogP contribution in [0.1, 0.15) is 103 Å². The molecule has 0 radical (unpaired) electrons. The van der Waals surface area contributed by atoms with E-state index >= 15 is 0 Å². The highest BCUT2D eigenvalue weighted by Gasteiger charge is 2.31. The second-order valence-corrected chi connectivity index (χ2v) is 10.4. The number of hydrogen-bond donors (Lipinski definition) is 0. The predicted octanol–water partition coefficient (Wildman–Crippen LogP) is 6.14. The Morgan fingerprint density at radius 1 is 0.385 bits per heavy atom. The minimum absolute atomic E-state index is 0.215. The van der Waals surface area contributed by atoms with Crippen molar-refractivity contribution in [3.8, 4) is 0 Å². The first-order valence-electron chi connectivity index (χ1n) is 9.29. The Morgan fingerprint density at radius 3 is 0.731 bits per heavy atom. The van der Waals surface area contributed by atoms with Gasteiger partial charge >= 0.3 is 0 Å². The zero-order valence-electron chi connectivity index (χ0n) is 19.7. The van der Waals surface area contributed by atoms with Gasteiger partial charge in [0.2, 0.25) is 5.79 Å². The molecule has 0 spiro atoms. The molecule has 160 valence electrons. The summed E-state index contributed by atoms with van der Waals surface area (Å²) in [6.07, 6.45) is 0.624. The van der Waals surface area contributed by atoms with Crippen LogP contribution in [0.3, 0.4) is 0 Å². The third kappa shape index (κ3) is 21.8. The van der Waals surface area contributed by atoms with Crippen molar-refractivity contribution in [3.05, 3.63) is 0 Å². The second-order valence-electron chi connectivity index (χ2n) is 10.4. The van der Waals surface area contributed by atoms with Gasteiger partial charge in [0.25, 0.3) is 0 Å². The zero-order chi connectivity index (χ0) is 21.4. The molecule has 0 saturated carbocycles. The molecule has 26 heavy (non-hydrogen) atoms. The average molecular weight is 381 g/mol. The monoisotopic (exact) mass is 380 g/mol. The van der Waals surface area contributed by atoms with Crippen LogP contribution in [-0.4, -0.2) is 28.2 Å². The van der Waals surface area contributed by atoms with E-state index in [1.165, 1.54) is 0 Å². The van der Waals surface area contributed by atoms with Gasteiger partial charge in [-0.25, -0.2) is 19.6 Å². The van der Waals surface area contributed by atoms with Gasteiger partial charge in [-0.15, -0.1) is 0 Å². The van der Waals surface area contributed by atoms with E-state index in [1.807, 2.05) is 90.0 Å². The van der Waals surface area contributed by atoms with E-state index in [0.29, 0.717) is 6.42 Å². The fourth-order valence-corrected chi connectivity index (χ4v) is 0.808. The Morgan fingerprint density at radius 2 is 0.577 bits per heavy atom. The summed E-state index contributed by atoms with van der Waals surface area (Å²) in [6.45, 7) is 26.9. The first kappa shape index (κ1) is 28.0. The lowest BCUT2D eigenvalue weighted by atomic mass is 10.2. The summed E-state index contributed by atoms with van der Waals surface area (Å²) in [4.78, 5) is 31.3. The Kier molecular flexibility index (Phi) is 11.1. The third-order valence-corrected chi connectivity index (χ3v) is 2.12. The van der Waals surface area contributed by atoms with Gasteiger partial charge in [-0.2, -0.15) is 9.78 Å². The van der Waals surface area contributed by atoms with E-state index in [2.05, 4.69) is 0 Å². The van der Waals surface area contributed by atoms with Crippen molar-refractivity contribution in [2.24, 2.45) is 0 Å². The standard InChI is InChI=1S/C12H26O4.C8H18O2/c1-9-12(8,15-13-10(2,3)4)16-14-11(5,6)7;1-7(2,3)9-10-8(4,5)6/h9H2,1-8H3;1-6H3. The Balaban J connectivity index is 0. The van der Waals surface area contributed by atoms with Crippen molar-refractivity contribution in [1.82, 2.24) is 0 Å². The van der Waals surface area contributed by atoms with Crippen molar-refractivity contribution >= 4 is 0 Å². The molecule has 0 aromatic heterocycles. The van der Waals surface area contributed by atoms with Gasteiger partial charge in [0, 0.05) is 6.42 Å². The van der Waals surface area contributed by atoms with Crippen LogP contribution in [0.5, 0.6) is 0 Å². The van der Waals surface area contributed by atoms with Crippen molar-refractivity contribution in [1.29, 1.82) is 0 Å². The Hall–Kier alpha value is -0.240. The van der Waals surface area contributed by atoms with Crippen LogP contribution in [0.4, 0.5) is 0 Å². The molecule has 0 rings (SSSR count). The van der Waals surface area contributed by atoms with Gasteiger partial charge in [0.05, 0.1) is 22.4 Å². The maximum absolute atomic E-state index is 5.29. The van der Waals surface area contributed by atoms with Gasteiger partial charge in [-0.05, 0) is 90.0 Å². The number of rotatable bonds is 6. The van der Waals surface area contributed by atoms with Crippen molar-refractivity contribution in [2.75, 3.05) is 0 Å². The van der Waals surface area contributed by atoms with Gasteiger partial charge < -0.3 is 0 Å². The van der Waals surface area contributed by atoms with E-state index in [-0.39, 0.29) is 22.4 Å². The van der Waals surface area contributed by atoms with Crippen LogP contribution in [0.15, 0.2) is 0 Å². The van der Waals surface area contributed by atoms with E-state index in [1.54, 1.807) is 6.92 Å². The van der Waals surface area contributed by atoms with Gasteiger partial charge in [0.15, 0.2) is 0 Å². The van der Waals surface area contributed by atoms with E-state index in [4.69, 9.17) is 29.3 Å². The summed E-state index contributed by atoms with van der Waals surface area (Å²) in [7, 11) is 0. The van der Waals surface area contributed by atoms with Crippen molar-refractivity contribution in [2.45, 2.75) is 132 Å². The van der Waals surface area contributed by atoms with Crippen LogP contribution in [0, 0.1) is 0 Å². The lowest BCUT2D eigenvalue weighted by molar-refractivity contribution is -0.536. The Labute approximate surface area is 161 Å². The highest BCUT2D eigenvalue weighted by atomic mass is 17.3. The smallest absolute Gasteiger partial charge is 0.230 e. The summed E-state index contributed by atoms with van der Waals surface area (Å²) in [5.74, 6) is -0.888. The second kappa shape index (κ2) is 10.3. The maximum atomic E-state index is 5.29. The fraction of sp³-hybridized carbons (Fsp3) is 1.00. The summed E-state index contributed by atoms with van der Waals surface area (Å²) < 4.78 is 0. The largest absolute Gasteiger partial charge is 0.231 e. The fourth-order valence-electron chi connectivity index (χ4n) is 0.808. The molecule has 0 N–H and O–H groups in total. The third-order valence-electron chi connectivity index (χ3n) is 2.12. The molecular formula is C20H44O6. The van der Waals surface area contributed by atoms with Gasteiger partial charge in [-0.1, -0.05) is 6.92 Å². The molecule has 0 fully saturated rings. The molecule has 0 aromatic rings. The van der Waals surface area contributed by atoms with Crippen LogP contribution in [0.2, 0.25) is 0 Å². The normalized spacial score (nSPS) is 14.1. The molecule has 0 unspecified atom stereocenters. The van der Waals surface area contributed by atoms with Gasteiger partial charge in [0.1, 0.15) is 0 Å². The molecule has 0 atom stereocenters. The van der Waals surface area contributed by atoms with E-state index in [9.17, 15) is 0 Å². The van der Waals surface area contributed by atoms with Crippen LogP contribution < -0.4 is 0 Å². The molecule has 0 amide bonds. The van der Waals surface area contributed by atoms with Gasteiger partial charge in [-0.3, -0.25) is 0 Å². The topological polar surface area (TPSA) is 55.4 Å². The molecule has 0 saturated heterocycles. The predicted molar refractivity (Wildman–Crippen MR) is 104 cm³/mol. The quantitative estimate of drug-likeness (QED) is 0.313. The lowest BCUT2D eigenvalue weighted by Gasteiger charge is -2.31. The highest BCUT2D eigenvalue weighted by molar-refractivity contribution is 4.61. The van der Waals surface area contributed by atoms with Crippen LogP contribution >= 0.6 is 0 Å². The minimum Gasteiger partial charge on any atom is -0.230 e. The van der Waals surface area contributed by atoms with E-state index < -0.39 is 5.79 Å². The highest BCUT2D eigenvalue weighted by Crippen LogP contribution is 2.24. The zero-order valence-corrected chi connectivity index (χ0v) is 19.7. The molecule has 0 heterocycles. The summed E-state index contributed by atoms with van der Waals surface area (Å²) in [5, 5.41) is 0. The average Bonchev–Trinajstić information content (AvgIpc) is 2.39. The molecule has 0 bridgehead atoms. The first-order chi connectivity index (χ1) is 11.2. The SMILES string of the molecule is CC(C)(C)OOC(C)(C)C.CCC(C)(OOC(C)(C)C)OOC(C)(C)C. The molecule has 0 aliphatic rings. The summed E-state index contributed by atoms with van der Waals surface area (Å²) in [6, 6.07) is 0. The Bertz CT molecular complexity index is 334. The molecule has 0 aromatic carbocycles. The lowest BCUT2D eigenvalue weighted by Crippen LogP contribution is -2.38. The summed E-state index contributed by atoms with van der Waals surface area (Å²) in [5.41, 5.74) is -1.18. The van der Waals surface area contributed by atoms with Crippen LogP contribution in [-0.2, 0) is 29.3 Å². The molecule has 6 heteroatoms. The summed E-state index contributed by atoms with van der Waals surface area (Å²) >= 11 is 0. The minimum atomic E-state index is -0.888. The molecule has 6 nitrogen and oxygen atoms in total. The number of hydrogen-bond acceptors (Lipinski definition) is 6. The van der Waals surface area contributed by atoms with Crippen molar-refractivity contribution < 1.29 is 29.3 Å². The van der Waals surface area contributed by atoms with E-state index in [0.717, 1.165) is 0 Å². The van der Waals surface area contributed by atoms with Crippen LogP contribution in [0.25, 0.3) is 0 Å². The first-order valence-corrected chi connectivity index (χ1v) is 9.29. The molecule has 0 aliphatic carbocycles. The maximum Gasteiger partial charge on any atom is 0.231 e. The van der Waals surface area contributed by atoms with Crippen molar-refractivity contribution in [3.63, 3.8) is 0 Å².